The number of para-hydroxylation sites is 1. The number of ether oxygens (including phenoxy) is 3. The van der Waals surface area contributed by atoms with E-state index in [1.165, 1.54) is 0 Å². The zero-order valence-corrected chi connectivity index (χ0v) is 21.7. The van der Waals surface area contributed by atoms with E-state index in [0.717, 1.165) is 0 Å². The quantitative estimate of drug-likeness (QED) is 0.237. The summed E-state index contributed by atoms with van der Waals surface area (Å²) in [4.78, 5) is 24.9. The van der Waals surface area contributed by atoms with Crippen molar-refractivity contribution in [3.05, 3.63) is 64.3 Å². The van der Waals surface area contributed by atoms with E-state index < -0.39 is 11.6 Å². The fourth-order valence-corrected chi connectivity index (χ4v) is 3.66. The lowest BCUT2D eigenvalue weighted by Gasteiger charge is -2.19. The maximum absolute atomic E-state index is 12.8. The normalized spacial score (nSPS) is 11.3. The van der Waals surface area contributed by atoms with Gasteiger partial charge in [-0.2, -0.15) is 5.10 Å². The lowest BCUT2D eigenvalue weighted by Crippen LogP contribution is -2.24. The molecule has 186 valence electrons. The van der Waals surface area contributed by atoms with Gasteiger partial charge in [0.15, 0.2) is 5.75 Å². The van der Waals surface area contributed by atoms with Crippen LogP contribution in [-0.2, 0) is 14.3 Å². The fraction of sp³-hybridized carbons (Fsp3) is 0.346. The van der Waals surface area contributed by atoms with Crippen LogP contribution in [-0.4, -0.2) is 40.5 Å². The number of carbonyl (C=O) groups is 2. The minimum atomic E-state index is -0.629. The first kappa shape index (κ1) is 26.6. The number of nitrogens with zero attached hydrogens (tertiary/aromatic N) is 2. The van der Waals surface area contributed by atoms with Crippen molar-refractivity contribution in [3.63, 3.8) is 0 Å². The summed E-state index contributed by atoms with van der Waals surface area (Å²) in [5.74, 6) is -0.720. The first-order chi connectivity index (χ1) is 16.6. The average Bonchev–Trinajstić information content (AvgIpc) is 3.16. The summed E-state index contributed by atoms with van der Waals surface area (Å²) in [6.45, 7) is 7.48. The number of rotatable bonds is 9. The average molecular weight is 519 g/mol. The van der Waals surface area contributed by atoms with Gasteiger partial charge in [0.1, 0.15) is 11.3 Å². The molecule has 0 unspecified atom stereocenters. The van der Waals surface area contributed by atoms with E-state index >= 15 is 0 Å². The van der Waals surface area contributed by atoms with Gasteiger partial charge in [0.2, 0.25) is 5.69 Å². The van der Waals surface area contributed by atoms with Gasteiger partial charge in [-0.15, -0.1) is 0 Å². The Kier molecular flexibility index (Phi) is 8.81. The molecular formula is C26H28Cl2N2O5. The Bertz CT molecular complexity index is 1180. The highest BCUT2D eigenvalue weighted by molar-refractivity contribution is 6.32. The smallest absolute Gasteiger partial charge is 0.362 e. The van der Waals surface area contributed by atoms with Crippen LogP contribution >= 0.6 is 23.2 Å². The third-order valence-electron chi connectivity index (χ3n) is 4.70. The Morgan fingerprint density at radius 2 is 1.71 bits per heavy atom. The summed E-state index contributed by atoms with van der Waals surface area (Å²) in [6, 6.07) is 14.2. The minimum absolute atomic E-state index is 0.00832. The minimum Gasteiger partial charge on any atom is -0.489 e. The second-order valence-corrected chi connectivity index (χ2v) is 9.50. The van der Waals surface area contributed by atoms with Crippen LogP contribution in [0.2, 0.25) is 10.0 Å². The van der Waals surface area contributed by atoms with Gasteiger partial charge >= 0.3 is 11.9 Å². The second-order valence-electron chi connectivity index (χ2n) is 8.66. The standard InChI is InChI=1S/C26H28Cl2N2O5/c1-5-33-25(32)22-24(34-16-8-11-21(31)35-26(2,3)4)23(17-12-14-18(27)15-13-17)30(29-22)20-10-7-6-9-19(20)28/h6-7,9-10,12-15H,5,8,11,16H2,1-4H3. The Morgan fingerprint density at radius 1 is 1.03 bits per heavy atom. The maximum Gasteiger partial charge on any atom is 0.362 e. The SMILES string of the molecule is CCOC(=O)c1nn(-c2ccccc2Cl)c(-c2ccc(Cl)cc2)c1OCCCC(=O)OC(C)(C)C. The molecule has 2 aromatic carbocycles. The van der Waals surface area contributed by atoms with Gasteiger partial charge in [-0.05, 0) is 58.4 Å². The number of aromatic nitrogens is 2. The van der Waals surface area contributed by atoms with Crippen LogP contribution in [0.15, 0.2) is 48.5 Å². The Balaban J connectivity index is 2.02. The van der Waals surface area contributed by atoms with Gasteiger partial charge in [-0.25, -0.2) is 9.48 Å². The second kappa shape index (κ2) is 11.6. The molecule has 0 aliphatic carbocycles. The Hall–Kier alpha value is -3.03. The van der Waals surface area contributed by atoms with Crippen LogP contribution in [0.5, 0.6) is 5.75 Å². The Morgan fingerprint density at radius 3 is 2.34 bits per heavy atom. The summed E-state index contributed by atoms with van der Waals surface area (Å²) in [6.07, 6.45) is 0.551. The summed E-state index contributed by atoms with van der Waals surface area (Å²) < 4.78 is 18.2. The van der Waals surface area contributed by atoms with E-state index in [0.29, 0.717) is 33.4 Å². The first-order valence-corrected chi connectivity index (χ1v) is 12.0. The molecule has 0 fully saturated rings. The summed E-state index contributed by atoms with van der Waals surface area (Å²) >= 11 is 12.6. The van der Waals surface area contributed by atoms with Gasteiger partial charge in [0.25, 0.3) is 0 Å². The van der Waals surface area contributed by atoms with E-state index in [1.54, 1.807) is 54.1 Å². The van der Waals surface area contributed by atoms with Crippen molar-refractivity contribution in [2.24, 2.45) is 0 Å². The predicted molar refractivity (Wildman–Crippen MR) is 136 cm³/mol. The summed E-state index contributed by atoms with van der Waals surface area (Å²) in [5.41, 5.74) is 1.23. The topological polar surface area (TPSA) is 79.6 Å². The Labute approximate surface area is 214 Å². The third-order valence-corrected chi connectivity index (χ3v) is 5.27. The van der Waals surface area contributed by atoms with Gasteiger partial charge in [-0.1, -0.05) is 47.5 Å². The van der Waals surface area contributed by atoms with Crippen molar-refractivity contribution in [1.82, 2.24) is 9.78 Å². The van der Waals surface area contributed by atoms with E-state index in [-0.39, 0.29) is 37.0 Å². The number of carbonyl (C=O) groups excluding carboxylic acids is 2. The highest BCUT2D eigenvalue weighted by Crippen LogP contribution is 2.38. The first-order valence-electron chi connectivity index (χ1n) is 11.3. The molecule has 0 bridgehead atoms. The number of hydrogen-bond acceptors (Lipinski definition) is 6. The number of halogens is 2. The van der Waals surface area contributed by atoms with Crippen LogP contribution < -0.4 is 4.74 Å². The number of benzene rings is 2. The van der Waals surface area contributed by atoms with Gasteiger partial charge < -0.3 is 14.2 Å². The van der Waals surface area contributed by atoms with Crippen LogP contribution in [0.25, 0.3) is 16.9 Å². The summed E-state index contributed by atoms with van der Waals surface area (Å²) in [7, 11) is 0. The zero-order valence-electron chi connectivity index (χ0n) is 20.1. The molecule has 0 radical (unpaired) electrons. The molecule has 1 heterocycles. The molecular weight excluding hydrogens is 491 g/mol. The summed E-state index contributed by atoms with van der Waals surface area (Å²) in [5, 5.41) is 5.53. The lowest BCUT2D eigenvalue weighted by atomic mass is 10.1. The van der Waals surface area contributed by atoms with Gasteiger partial charge in [0.05, 0.1) is 23.9 Å². The molecule has 0 saturated heterocycles. The molecule has 0 aliphatic heterocycles. The van der Waals surface area contributed by atoms with Crippen LogP contribution in [0.1, 0.15) is 51.0 Å². The highest BCUT2D eigenvalue weighted by atomic mass is 35.5. The molecule has 7 nitrogen and oxygen atoms in total. The molecule has 35 heavy (non-hydrogen) atoms. The molecule has 9 heteroatoms. The van der Waals surface area contributed by atoms with Crippen LogP contribution in [0.4, 0.5) is 0 Å². The van der Waals surface area contributed by atoms with E-state index in [2.05, 4.69) is 5.10 Å². The van der Waals surface area contributed by atoms with E-state index in [9.17, 15) is 9.59 Å². The molecule has 0 saturated carbocycles. The molecule has 1 aromatic heterocycles. The van der Waals surface area contributed by atoms with Crippen molar-refractivity contribution in [2.75, 3.05) is 13.2 Å². The van der Waals surface area contributed by atoms with Crippen molar-refractivity contribution in [2.45, 2.75) is 46.1 Å². The van der Waals surface area contributed by atoms with Crippen molar-refractivity contribution < 1.29 is 23.8 Å². The number of hydrogen-bond donors (Lipinski definition) is 0. The van der Waals surface area contributed by atoms with Gasteiger partial charge in [0, 0.05) is 17.0 Å². The lowest BCUT2D eigenvalue weighted by molar-refractivity contribution is -0.155. The predicted octanol–water partition coefficient (Wildman–Crippen LogP) is 6.52. The monoisotopic (exact) mass is 518 g/mol. The fourth-order valence-electron chi connectivity index (χ4n) is 3.32. The van der Waals surface area contributed by atoms with Crippen molar-refractivity contribution >= 4 is 35.1 Å². The highest BCUT2D eigenvalue weighted by Gasteiger charge is 2.28. The molecule has 0 amide bonds. The third kappa shape index (κ3) is 6.99. The van der Waals surface area contributed by atoms with Gasteiger partial charge in [-0.3, -0.25) is 4.79 Å². The van der Waals surface area contributed by atoms with Crippen LogP contribution in [0.3, 0.4) is 0 Å². The molecule has 0 spiro atoms. The van der Waals surface area contributed by atoms with E-state index in [1.807, 2.05) is 26.8 Å². The van der Waals surface area contributed by atoms with Crippen molar-refractivity contribution in [1.29, 1.82) is 0 Å². The van der Waals surface area contributed by atoms with Crippen molar-refractivity contribution in [3.8, 4) is 22.7 Å². The maximum atomic E-state index is 12.8. The molecule has 0 aliphatic rings. The molecule has 3 aromatic rings. The molecule has 0 atom stereocenters. The van der Waals surface area contributed by atoms with E-state index in [4.69, 9.17) is 37.4 Å². The largest absolute Gasteiger partial charge is 0.489 e. The zero-order chi connectivity index (χ0) is 25.6. The number of esters is 2. The molecule has 3 rings (SSSR count). The van der Waals surface area contributed by atoms with Crippen LogP contribution in [0, 0.1) is 0 Å². The molecule has 0 N–H and O–H groups in total.